The number of nitrogens with one attached hydrogen (secondary N) is 1. The molecule has 3 heterocycles. The van der Waals surface area contributed by atoms with E-state index in [-0.39, 0.29) is 11.6 Å². The Morgan fingerprint density at radius 1 is 1.26 bits per heavy atom. The topological polar surface area (TPSA) is 126 Å². The van der Waals surface area contributed by atoms with Crippen LogP contribution >= 0.6 is 11.6 Å². The Hall–Kier alpha value is -3.11. The van der Waals surface area contributed by atoms with E-state index >= 15 is 0 Å². The van der Waals surface area contributed by atoms with Crippen molar-refractivity contribution in [3.8, 4) is 0 Å². The van der Waals surface area contributed by atoms with Gasteiger partial charge in [-0.05, 0) is 51.3 Å². The summed E-state index contributed by atoms with van der Waals surface area (Å²) < 4.78 is 3.23. The smallest absolute Gasteiger partial charge is 0.328 e. The highest BCUT2D eigenvalue weighted by molar-refractivity contribution is 6.32. The summed E-state index contributed by atoms with van der Waals surface area (Å²) in [5.74, 6) is -0.199. The minimum absolute atomic E-state index is 0.150. The number of aliphatic carboxylic acids is 1. The Balaban J connectivity index is 1.59. The molecule has 1 fully saturated rings. The van der Waals surface area contributed by atoms with Crippen LogP contribution in [0.15, 0.2) is 29.2 Å². The second kappa shape index (κ2) is 9.27. The number of carboxylic acid groups (broad SMARTS) is 1. The van der Waals surface area contributed by atoms with Gasteiger partial charge in [0.25, 0.3) is 0 Å². The van der Waals surface area contributed by atoms with Crippen LogP contribution in [-0.4, -0.2) is 54.0 Å². The van der Waals surface area contributed by atoms with Crippen molar-refractivity contribution in [1.29, 1.82) is 0 Å². The maximum atomic E-state index is 12.8. The van der Waals surface area contributed by atoms with E-state index in [1.54, 1.807) is 30.0 Å². The number of fused-ring (bicyclic) bond motifs is 1. The molecule has 1 aromatic carbocycles. The number of piperidine rings is 1. The van der Waals surface area contributed by atoms with Gasteiger partial charge in [0.2, 0.25) is 5.95 Å². The van der Waals surface area contributed by atoms with Gasteiger partial charge in [0.05, 0.1) is 28.7 Å². The Labute approximate surface area is 201 Å². The fourth-order valence-electron chi connectivity index (χ4n) is 4.15. The molecule has 2 aromatic heterocycles. The lowest BCUT2D eigenvalue weighted by Gasteiger charge is -2.30. The number of nitrogens with zero attached hydrogens (tertiary/aromatic N) is 5. The average Bonchev–Trinajstić information content (AvgIpc) is 3.02. The monoisotopic (exact) mass is 488 g/mol. The van der Waals surface area contributed by atoms with Crippen LogP contribution in [0, 0.1) is 5.92 Å². The first-order valence-corrected chi connectivity index (χ1v) is 11.6. The highest BCUT2D eigenvalue weighted by Crippen LogP contribution is 2.28. The van der Waals surface area contributed by atoms with E-state index in [0.717, 1.165) is 11.0 Å². The minimum atomic E-state index is -0.888. The zero-order valence-electron chi connectivity index (χ0n) is 19.5. The number of aryl methyl sites for hydroxylation is 2. The van der Waals surface area contributed by atoms with E-state index in [9.17, 15) is 19.8 Å². The van der Waals surface area contributed by atoms with Crippen LogP contribution < -0.4 is 15.9 Å². The number of benzene rings is 1. The number of carboxylic acids is 1. The van der Waals surface area contributed by atoms with Gasteiger partial charge in [-0.3, -0.25) is 13.9 Å². The number of carbonyl (C=O) groups is 1. The molecule has 0 atom stereocenters. The third-order valence-corrected chi connectivity index (χ3v) is 6.49. The third kappa shape index (κ3) is 5.02. The summed E-state index contributed by atoms with van der Waals surface area (Å²) in [6, 6.07) is 5.56. The lowest BCUT2D eigenvalue weighted by atomic mass is 9.97. The second-order valence-electron chi connectivity index (χ2n) is 9.35. The molecule has 3 N–H and O–H groups in total. The predicted octanol–water partition coefficient (Wildman–Crippen LogP) is 2.99. The summed E-state index contributed by atoms with van der Waals surface area (Å²) in [4.78, 5) is 34.8. The molecule has 0 radical (unpaired) electrons. The Morgan fingerprint density at radius 2 is 1.97 bits per heavy atom. The lowest BCUT2D eigenvalue weighted by molar-refractivity contribution is -0.142. The van der Waals surface area contributed by atoms with Crippen LogP contribution in [-0.2, 0) is 18.4 Å². The van der Waals surface area contributed by atoms with Crippen molar-refractivity contribution in [1.82, 2.24) is 19.1 Å². The first kappa shape index (κ1) is 24.0. The molecule has 0 spiro atoms. The molecule has 0 amide bonds. The minimum Gasteiger partial charge on any atom is -0.481 e. The Bertz CT molecular complexity index is 1270. The number of imidazole rings is 1. The molecule has 10 nitrogen and oxygen atoms in total. The van der Waals surface area contributed by atoms with Crippen LogP contribution in [0.3, 0.4) is 0 Å². The van der Waals surface area contributed by atoms with Gasteiger partial charge in [-0.1, -0.05) is 11.6 Å². The molecular formula is C23H29ClN6O4. The first-order valence-electron chi connectivity index (χ1n) is 11.2. The summed E-state index contributed by atoms with van der Waals surface area (Å²) in [7, 11) is 1.72. The average molecular weight is 489 g/mol. The molecular weight excluding hydrogens is 460 g/mol. The SMILES string of the molecule is Cn1c(=O)n(CCC(C)(C)O)c2cc(Nc3nc(N4CCC(C(=O)O)CC4)ncc3Cl)ccc21. The number of anilines is 3. The van der Waals surface area contributed by atoms with Gasteiger partial charge in [0.15, 0.2) is 5.82 Å². The van der Waals surface area contributed by atoms with Crippen molar-refractivity contribution in [3.63, 3.8) is 0 Å². The molecule has 0 bridgehead atoms. The van der Waals surface area contributed by atoms with E-state index in [1.165, 1.54) is 6.20 Å². The number of aromatic nitrogens is 4. The van der Waals surface area contributed by atoms with Gasteiger partial charge in [0, 0.05) is 32.4 Å². The maximum absolute atomic E-state index is 12.8. The molecule has 4 rings (SSSR count). The zero-order valence-corrected chi connectivity index (χ0v) is 20.2. The molecule has 1 saturated heterocycles. The molecule has 11 heteroatoms. The summed E-state index contributed by atoms with van der Waals surface area (Å²) in [6.07, 6.45) is 3.03. The molecule has 1 aliphatic rings. The molecule has 1 aliphatic heterocycles. The Morgan fingerprint density at radius 3 is 2.62 bits per heavy atom. The van der Waals surface area contributed by atoms with Gasteiger partial charge in [-0.15, -0.1) is 0 Å². The predicted molar refractivity (Wildman–Crippen MR) is 131 cm³/mol. The highest BCUT2D eigenvalue weighted by atomic mass is 35.5. The maximum Gasteiger partial charge on any atom is 0.328 e. The van der Waals surface area contributed by atoms with Crippen LogP contribution in [0.2, 0.25) is 5.02 Å². The third-order valence-electron chi connectivity index (χ3n) is 6.21. The first-order chi connectivity index (χ1) is 16.0. The normalized spacial score (nSPS) is 15.1. The largest absolute Gasteiger partial charge is 0.481 e. The zero-order chi connectivity index (χ0) is 24.6. The number of halogens is 1. The fourth-order valence-corrected chi connectivity index (χ4v) is 4.29. The van der Waals surface area contributed by atoms with Gasteiger partial charge in [-0.2, -0.15) is 4.98 Å². The number of aliphatic hydroxyl groups is 1. The number of rotatable bonds is 7. The van der Waals surface area contributed by atoms with Crippen molar-refractivity contribution < 1.29 is 15.0 Å². The molecule has 3 aromatic rings. The van der Waals surface area contributed by atoms with E-state index in [4.69, 9.17) is 11.6 Å². The van der Waals surface area contributed by atoms with E-state index in [0.29, 0.717) is 61.4 Å². The van der Waals surface area contributed by atoms with Crippen LogP contribution in [0.5, 0.6) is 0 Å². The van der Waals surface area contributed by atoms with Gasteiger partial charge >= 0.3 is 11.7 Å². The van der Waals surface area contributed by atoms with Crippen LogP contribution in [0.25, 0.3) is 11.0 Å². The van der Waals surface area contributed by atoms with Crippen LogP contribution in [0.1, 0.15) is 33.1 Å². The van der Waals surface area contributed by atoms with Gasteiger partial charge < -0.3 is 20.4 Å². The second-order valence-corrected chi connectivity index (χ2v) is 9.76. The van der Waals surface area contributed by atoms with Crippen molar-refractivity contribution in [3.05, 3.63) is 39.9 Å². The number of hydrogen-bond acceptors (Lipinski definition) is 7. The molecule has 0 saturated carbocycles. The number of hydrogen-bond donors (Lipinski definition) is 3. The summed E-state index contributed by atoms with van der Waals surface area (Å²) >= 11 is 6.36. The van der Waals surface area contributed by atoms with Crippen LogP contribution in [0.4, 0.5) is 17.5 Å². The van der Waals surface area contributed by atoms with Crippen molar-refractivity contribution in [2.45, 2.75) is 45.3 Å². The summed E-state index contributed by atoms with van der Waals surface area (Å²) in [5.41, 5.74) is 1.18. The van der Waals surface area contributed by atoms with Crippen molar-refractivity contribution >= 4 is 46.1 Å². The van der Waals surface area contributed by atoms with Gasteiger partial charge in [0.1, 0.15) is 5.02 Å². The highest BCUT2D eigenvalue weighted by Gasteiger charge is 2.26. The van der Waals surface area contributed by atoms with Crippen molar-refractivity contribution in [2.24, 2.45) is 13.0 Å². The molecule has 34 heavy (non-hydrogen) atoms. The standard InChI is InChI=1S/C23H29ClN6O4/c1-23(2,34)8-11-30-18-12-15(4-5-17(18)28(3)22(30)33)26-19-16(24)13-25-21(27-19)29-9-6-14(7-10-29)20(31)32/h4-5,12-14,34H,6-11H2,1-3H3,(H,31,32)(H,25,26,27). The Kier molecular flexibility index (Phi) is 6.55. The summed E-state index contributed by atoms with van der Waals surface area (Å²) in [5, 5.41) is 22.9. The molecule has 182 valence electrons. The fraction of sp³-hybridized carbons (Fsp3) is 0.478. The quantitative estimate of drug-likeness (QED) is 0.463. The van der Waals surface area contributed by atoms with E-state index in [2.05, 4.69) is 15.3 Å². The molecule has 0 aliphatic carbocycles. The lowest BCUT2D eigenvalue weighted by Crippen LogP contribution is -2.37. The van der Waals surface area contributed by atoms with E-state index in [1.807, 2.05) is 23.1 Å². The summed E-state index contributed by atoms with van der Waals surface area (Å²) in [6.45, 7) is 4.93. The molecule has 0 unspecified atom stereocenters. The van der Waals surface area contributed by atoms with Crippen molar-refractivity contribution in [2.75, 3.05) is 23.3 Å². The van der Waals surface area contributed by atoms with E-state index < -0.39 is 11.6 Å². The van der Waals surface area contributed by atoms with Gasteiger partial charge in [-0.25, -0.2) is 9.78 Å².